The Balaban J connectivity index is 1.99. The van der Waals surface area contributed by atoms with Crippen LogP contribution in [0.15, 0.2) is 59.4 Å². The summed E-state index contributed by atoms with van der Waals surface area (Å²) in [6.07, 6.45) is -5.48. The molecule has 3 aromatic rings. The van der Waals surface area contributed by atoms with Crippen LogP contribution in [0.1, 0.15) is 34.6 Å². The van der Waals surface area contributed by atoms with Crippen molar-refractivity contribution in [1.82, 2.24) is 14.9 Å². The molecule has 0 bridgehead atoms. The van der Waals surface area contributed by atoms with Crippen LogP contribution >= 0.6 is 11.6 Å². The van der Waals surface area contributed by atoms with Crippen LogP contribution in [-0.2, 0) is 13.0 Å². The number of hydrogen-bond donors (Lipinski definition) is 1. The van der Waals surface area contributed by atoms with Gasteiger partial charge in [0.2, 0.25) is 0 Å². The Labute approximate surface area is 187 Å². The Kier molecular flexibility index (Phi) is 7.35. The molecule has 2 aromatic carbocycles. The number of nitrogens with one attached hydrogen (secondary N) is 1. The zero-order chi connectivity index (χ0) is 23.3. The normalized spacial score (nSPS) is 11.4. The molecule has 0 radical (unpaired) electrons. The molecule has 1 amide bonds. The van der Waals surface area contributed by atoms with Crippen LogP contribution < -0.4 is 10.9 Å². The van der Waals surface area contributed by atoms with Crippen molar-refractivity contribution >= 4 is 17.5 Å². The van der Waals surface area contributed by atoms with E-state index in [0.29, 0.717) is 27.4 Å². The first-order valence-electron chi connectivity index (χ1n) is 9.91. The van der Waals surface area contributed by atoms with E-state index in [0.717, 1.165) is 0 Å². The van der Waals surface area contributed by atoms with Crippen LogP contribution in [-0.4, -0.2) is 28.7 Å². The first-order valence-corrected chi connectivity index (χ1v) is 10.3. The van der Waals surface area contributed by atoms with E-state index >= 15 is 0 Å². The fraction of sp³-hybridized carbons (Fsp3) is 0.261. The van der Waals surface area contributed by atoms with Gasteiger partial charge in [-0.2, -0.15) is 13.2 Å². The molecule has 0 aliphatic heterocycles. The van der Waals surface area contributed by atoms with Gasteiger partial charge in [-0.3, -0.25) is 14.2 Å². The van der Waals surface area contributed by atoms with Gasteiger partial charge in [-0.25, -0.2) is 4.98 Å². The van der Waals surface area contributed by atoms with Gasteiger partial charge in [0.15, 0.2) is 0 Å². The van der Waals surface area contributed by atoms with E-state index in [2.05, 4.69) is 10.3 Å². The predicted molar refractivity (Wildman–Crippen MR) is 117 cm³/mol. The summed E-state index contributed by atoms with van der Waals surface area (Å²) >= 11 is 5.91. The van der Waals surface area contributed by atoms with Crippen molar-refractivity contribution in [2.75, 3.05) is 7.05 Å². The molecule has 1 N–H and O–H groups in total. The number of nitrogens with zero attached hydrogens (tertiary/aromatic N) is 2. The predicted octanol–water partition coefficient (Wildman–Crippen LogP) is 4.86. The summed E-state index contributed by atoms with van der Waals surface area (Å²) in [5.41, 5.74) is 1.69. The monoisotopic (exact) mass is 463 g/mol. The molecule has 0 saturated carbocycles. The maximum Gasteiger partial charge on any atom is 0.389 e. The third-order valence-electron chi connectivity index (χ3n) is 4.84. The Bertz CT molecular complexity index is 1160. The lowest BCUT2D eigenvalue weighted by molar-refractivity contribution is -0.135. The first-order chi connectivity index (χ1) is 15.2. The van der Waals surface area contributed by atoms with Gasteiger partial charge in [-0.05, 0) is 36.2 Å². The van der Waals surface area contributed by atoms with E-state index < -0.39 is 18.2 Å². The Hall–Kier alpha value is -3.13. The molecular weight excluding hydrogens is 443 g/mol. The van der Waals surface area contributed by atoms with Gasteiger partial charge >= 0.3 is 6.18 Å². The molecule has 1 heterocycles. The molecule has 0 aliphatic carbocycles. The minimum atomic E-state index is -4.29. The number of halogens is 4. The molecule has 0 spiro atoms. The average Bonchev–Trinajstić information content (AvgIpc) is 2.75. The third-order valence-corrected chi connectivity index (χ3v) is 5.10. The molecule has 0 atom stereocenters. The molecule has 0 unspecified atom stereocenters. The van der Waals surface area contributed by atoms with Crippen LogP contribution in [0, 0.1) is 0 Å². The number of aryl methyl sites for hydroxylation is 1. The second kappa shape index (κ2) is 9.99. The van der Waals surface area contributed by atoms with Crippen molar-refractivity contribution in [3.63, 3.8) is 0 Å². The van der Waals surface area contributed by atoms with E-state index in [1.54, 1.807) is 48.5 Å². The fourth-order valence-electron chi connectivity index (χ4n) is 3.27. The van der Waals surface area contributed by atoms with Crippen LogP contribution in [0.3, 0.4) is 0 Å². The van der Waals surface area contributed by atoms with Gasteiger partial charge in [-0.1, -0.05) is 35.9 Å². The van der Waals surface area contributed by atoms with Gasteiger partial charge in [0.25, 0.3) is 11.5 Å². The number of carbonyl (C=O) groups is 1. The number of carbonyl (C=O) groups excluding carboxylic acids is 1. The maximum atomic E-state index is 12.9. The summed E-state index contributed by atoms with van der Waals surface area (Å²) in [7, 11) is 1.51. The van der Waals surface area contributed by atoms with Crippen LogP contribution in [0.5, 0.6) is 0 Å². The summed E-state index contributed by atoms with van der Waals surface area (Å²) < 4.78 is 39.4. The van der Waals surface area contributed by atoms with E-state index in [4.69, 9.17) is 11.6 Å². The standard InChI is InChI=1S/C23H21ClF3N3O2/c1-28-22(32)17-5-2-4-15(12-17)14-30-20(6-3-11-23(25,26)27)29-19(13-21(30)31)16-7-9-18(24)10-8-16/h2,4-5,7-10,12-13H,3,6,11,14H2,1H3,(H,28,32). The fourth-order valence-corrected chi connectivity index (χ4v) is 3.39. The average molecular weight is 464 g/mol. The second-order valence-corrected chi connectivity index (χ2v) is 7.67. The smallest absolute Gasteiger partial charge is 0.355 e. The molecule has 0 saturated heterocycles. The number of hydrogen-bond acceptors (Lipinski definition) is 3. The Morgan fingerprint density at radius 3 is 2.50 bits per heavy atom. The summed E-state index contributed by atoms with van der Waals surface area (Å²) in [6.45, 7) is 0.0823. The number of benzene rings is 2. The highest BCUT2D eigenvalue weighted by Crippen LogP contribution is 2.23. The molecule has 168 valence electrons. The maximum absolute atomic E-state index is 12.9. The third kappa shape index (κ3) is 6.20. The summed E-state index contributed by atoms with van der Waals surface area (Å²) in [5, 5.41) is 3.05. The quantitative estimate of drug-likeness (QED) is 0.544. The van der Waals surface area contributed by atoms with Crippen molar-refractivity contribution in [2.45, 2.75) is 32.0 Å². The lowest BCUT2D eigenvalue weighted by Gasteiger charge is -2.15. The highest BCUT2D eigenvalue weighted by atomic mass is 35.5. The molecular formula is C23H21ClF3N3O2. The minimum absolute atomic E-state index is 0.0225. The molecule has 5 nitrogen and oxygen atoms in total. The van der Waals surface area contributed by atoms with Gasteiger partial charge in [0, 0.05) is 42.1 Å². The highest BCUT2D eigenvalue weighted by molar-refractivity contribution is 6.30. The van der Waals surface area contributed by atoms with Gasteiger partial charge in [0.1, 0.15) is 5.82 Å². The SMILES string of the molecule is CNC(=O)c1cccc(Cn2c(CCCC(F)(F)F)nc(-c3ccc(Cl)cc3)cc2=O)c1. The number of rotatable bonds is 7. The van der Waals surface area contributed by atoms with Crippen LogP contribution in [0.4, 0.5) is 13.2 Å². The summed E-state index contributed by atoms with van der Waals surface area (Å²) in [4.78, 5) is 29.3. The van der Waals surface area contributed by atoms with Gasteiger partial charge in [-0.15, -0.1) is 0 Å². The largest absolute Gasteiger partial charge is 0.389 e. The molecule has 9 heteroatoms. The van der Waals surface area contributed by atoms with E-state index in [-0.39, 0.29) is 31.1 Å². The van der Waals surface area contributed by atoms with Gasteiger partial charge in [0.05, 0.1) is 12.2 Å². The molecule has 1 aromatic heterocycles. The van der Waals surface area contributed by atoms with E-state index in [1.807, 2.05) is 0 Å². The van der Waals surface area contributed by atoms with Crippen molar-refractivity contribution in [1.29, 1.82) is 0 Å². The lowest BCUT2D eigenvalue weighted by atomic mass is 10.1. The summed E-state index contributed by atoms with van der Waals surface area (Å²) in [5.74, 6) is -0.0298. The van der Waals surface area contributed by atoms with Crippen molar-refractivity contribution in [3.05, 3.63) is 86.9 Å². The Morgan fingerprint density at radius 2 is 1.84 bits per heavy atom. The van der Waals surface area contributed by atoms with Crippen LogP contribution in [0.25, 0.3) is 11.3 Å². The van der Waals surface area contributed by atoms with Crippen molar-refractivity contribution in [3.8, 4) is 11.3 Å². The number of alkyl halides is 3. The van der Waals surface area contributed by atoms with Gasteiger partial charge < -0.3 is 5.32 Å². The molecule has 3 rings (SSSR count). The minimum Gasteiger partial charge on any atom is -0.355 e. The molecule has 0 aliphatic rings. The van der Waals surface area contributed by atoms with Crippen molar-refractivity contribution < 1.29 is 18.0 Å². The second-order valence-electron chi connectivity index (χ2n) is 7.24. The Morgan fingerprint density at radius 1 is 1.12 bits per heavy atom. The topological polar surface area (TPSA) is 64.0 Å². The lowest BCUT2D eigenvalue weighted by Crippen LogP contribution is -2.26. The number of aromatic nitrogens is 2. The van der Waals surface area contributed by atoms with E-state index in [9.17, 15) is 22.8 Å². The summed E-state index contributed by atoms with van der Waals surface area (Å²) in [6, 6.07) is 14.7. The zero-order valence-corrected chi connectivity index (χ0v) is 18.0. The molecule has 0 fully saturated rings. The number of amides is 1. The van der Waals surface area contributed by atoms with E-state index in [1.165, 1.54) is 17.7 Å². The first kappa shape index (κ1) is 23.5. The highest BCUT2D eigenvalue weighted by Gasteiger charge is 2.26. The van der Waals surface area contributed by atoms with Crippen molar-refractivity contribution in [2.24, 2.45) is 0 Å². The van der Waals surface area contributed by atoms with Crippen LogP contribution in [0.2, 0.25) is 5.02 Å². The zero-order valence-electron chi connectivity index (χ0n) is 17.2. The molecule has 32 heavy (non-hydrogen) atoms.